The minimum absolute atomic E-state index is 0.470. The summed E-state index contributed by atoms with van der Waals surface area (Å²) >= 11 is 0. The van der Waals surface area contributed by atoms with Gasteiger partial charge in [0, 0.05) is 30.7 Å². The molecule has 0 amide bonds. The lowest BCUT2D eigenvalue weighted by atomic mass is 9.90. The predicted octanol–water partition coefficient (Wildman–Crippen LogP) is 6.96. The van der Waals surface area contributed by atoms with Crippen molar-refractivity contribution in [3.05, 3.63) is 144 Å². The molecule has 2 aliphatic rings. The number of hydrogen-bond acceptors (Lipinski definition) is 0. The first kappa shape index (κ1) is 20.6. The molecule has 6 aromatic rings. The van der Waals surface area contributed by atoms with Crippen molar-refractivity contribution in [1.29, 1.82) is 0 Å². The average Bonchev–Trinajstić information content (AvgIpc) is 3.40. The highest BCUT2D eigenvalue weighted by molar-refractivity contribution is 5.88. The van der Waals surface area contributed by atoms with Crippen LogP contribution in [0.5, 0.6) is 0 Å². The van der Waals surface area contributed by atoms with Gasteiger partial charge in [-0.15, -0.1) is 9.13 Å². The topological polar surface area (TPSA) is 7.76 Å². The summed E-state index contributed by atoms with van der Waals surface area (Å²) in [5.41, 5.74) is 12.4. The summed E-state index contributed by atoms with van der Waals surface area (Å²) in [6, 6.07) is 42.4. The number of benzene rings is 4. The molecule has 37 heavy (non-hydrogen) atoms. The molecular formula is C35H26N2+2. The molecule has 0 bridgehead atoms. The van der Waals surface area contributed by atoms with Gasteiger partial charge in [-0.05, 0) is 65.2 Å². The molecule has 8 rings (SSSR count). The van der Waals surface area contributed by atoms with Crippen LogP contribution in [-0.4, -0.2) is 0 Å². The van der Waals surface area contributed by atoms with E-state index in [1.165, 1.54) is 66.8 Å². The van der Waals surface area contributed by atoms with Crippen molar-refractivity contribution in [2.24, 2.45) is 0 Å². The van der Waals surface area contributed by atoms with Crippen molar-refractivity contribution >= 4 is 10.8 Å². The molecule has 1 unspecified atom stereocenters. The maximum atomic E-state index is 2.55. The van der Waals surface area contributed by atoms with Crippen molar-refractivity contribution < 1.29 is 9.13 Å². The van der Waals surface area contributed by atoms with Gasteiger partial charge in [-0.3, -0.25) is 0 Å². The number of aromatic nitrogens is 2. The summed E-state index contributed by atoms with van der Waals surface area (Å²) in [4.78, 5) is 0. The standard InChI is InChI=1S/C35H26N2/c1-23-20-34-29-14-6-8-16-32(29)35(31-15-7-5-13-28(31)33-17-9-10-24(2)37(33)35)36(34)22-30(23)27-19-18-25-11-3-4-12-26(25)21-27/h3-22H,1-2H3/q+2. The van der Waals surface area contributed by atoms with Gasteiger partial charge < -0.3 is 0 Å². The van der Waals surface area contributed by atoms with Gasteiger partial charge in [0.1, 0.15) is 11.1 Å². The zero-order chi connectivity index (χ0) is 24.7. The Labute approximate surface area is 216 Å². The number of aryl methyl sites for hydroxylation is 2. The molecule has 2 nitrogen and oxygen atoms in total. The molecule has 0 saturated carbocycles. The molecule has 1 atom stereocenters. The average molecular weight is 475 g/mol. The number of rotatable bonds is 1. The van der Waals surface area contributed by atoms with Crippen molar-refractivity contribution in [1.82, 2.24) is 0 Å². The highest BCUT2D eigenvalue weighted by atomic mass is 15.3. The number of pyridine rings is 2. The van der Waals surface area contributed by atoms with Gasteiger partial charge in [0.15, 0.2) is 11.9 Å². The Balaban J connectivity index is 1.51. The zero-order valence-corrected chi connectivity index (χ0v) is 20.9. The van der Waals surface area contributed by atoms with Gasteiger partial charge in [0.05, 0.1) is 11.1 Å². The summed E-state index contributed by atoms with van der Waals surface area (Å²) in [5.74, 6) is 0. The van der Waals surface area contributed by atoms with Crippen LogP contribution in [0, 0.1) is 13.8 Å². The molecule has 0 saturated heterocycles. The number of nitrogens with zero attached hydrogens (tertiary/aromatic N) is 2. The third kappa shape index (κ3) is 2.55. The third-order valence-corrected chi connectivity index (χ3v) is 8.37. The fourth-order valence-electron chi connectivity index (χ4n) is 6.82. The smallest absolute Gasteiger partial charge is 0.125 e. The van der Waals surface area contributed by atoms with Crippen LogP contribution in [0.25, 0.3) is 44.4 Å². The first-order valence-electron chi connectivity index (χ1n) is 13.0. The second-order valence-corrected chi connectivity index (χ2v) is 10.3. The Morgan fingerprint density at radius 2 is 1.22 bits per heavy atom. The summed E-state index contributed by atoms with van der Waals surface area (Å²) in [6.07, 6.45) is 2.40. The van der Waals surface area contributed by atoms with E-state index in [1.807, 2.05) is 0 Å². The van der Waals surface area contributed by atoms with E-state index in [2.05, 4.69) is 144 Å². The van der Waals surface area contributed by atoms with E-state index in [9.17, 15) is 0 Å². The van der Waals surface area contributed by atoms with E-state index in [1.54, 1.807) is 0 Å². The lowest BCUT2D eigenvalue weighted by molar-refractivity contribution is -0.956. The largest absolute Gasteiger partial charge is 0.417 e. The number of fused-ring (bicyclic) bond motifs is 11. The van der Waals surface area contributed by atoms with Gasteiger partial charge in [0.2, 0.25) is 11.4 Å². The fraction of sp³-hybridized carbons (Fsp3) is 0.0857. The van der Waals surface area contributed by atoms with Crippen LogP contribution in [0.3, 0.4) is 0 Å². The third-order valence-electron chi connectivity index (χ3n) is 8.37. The normalized spacial score (nSPS) is 16.5. The molecule has 0 radical (unpaired) electrons. The van der Waals surface area contributed by atoms with Crippen molar-refractivity contribution in [2.45, 2.75) is 19.5 Å². The Morgan fingerprint density at radius 1 is 0.541 bits per heavy atom. The number of hydrogen-bond donors (Lipinski definition) is 0. The lowest BCUT2D eigenvalue weighted by Crippen LogP contribution is -2.72. The van der Waals surface area contributed by atoms with E-state index in [0.717, 1.165) is 0 Å². The fourth-order valence-corrected chi connectivity index (χ4v) is 6.82. The summed E-state index contributed by atoms with van der Waals surface area (Å²) in [6.45, 7) is 4.48. The molecule has 0 aliphatic carbocycles. The SMILES string of the molecule is Cc1cc2[n+](cc1-c1ccc3ccccc3c1)C1(c3ccccc3-2)c2ccccc2-c2cccc(C)[n+]21. The Bertz CT molecular complexity index is 1920. The van der Waals surface area contributed by atoms with Crippen LogP contribution in [0.15, 0.2) is 121 Å². The van der Waals surface area contributed by atoms with Crippen LogP contribution in [0.2, 0.25) is 0 Å². The molecule has 2 aromatic heterocycles. The highest BCUT2D eigenvalue weighted by Gasteiger charge is 2.67. The van der Waals surface area contributed by atoms with Crippen LogP contribution in [0.4, 0.5) is 0 Å². The predicted molar refractivity (Wildman–Crippen MR) is 148 cm³/mol. The Hall–Kier alpha value is -4.56. The molecule has 4 heterocycles. The Morgan fingerprint density at radius 3 is 2.00 bits per heavy atom. The molecule has 174 valence electrons. The molecular weight excluding hydrogens is 448 g/mol. The van der Waals surface area contributed by atoms with Gasteiger partial charge in [-0.2, -0.15) is 0 Å². The van der Waals surface area contributed by atoms with Gasteiger partial charge in [-0.25, -0.2) is 0 Å². The molecule has 4 aromatic carbocycles. The molecule has 2 heteroatoms. The Kier molecular flexibility index (Phi) is 4.03. The highest BCUT2D eigenvalue weighted by Crippen LogP contribution is 2.47. The van der Waals surface area contributed by atoms with Gasteiger partial charge in [0.25, 0.3) is 0 Å². The van der Waals surface area contributed by atoms with Crippen molar-refractivity contribution in [3.63, 3.8) is 0 Å². The molecule has 0 fully saturated rings. The van der Waals surface area contributed by atoms with E-state index in [-0.39, 0.29) is 0 Å². The van der Waals surface area contributed by atoms with Crippen LogP contribution in [0.1, 0.15) is 22.4 Å². The van der Waals surface area contributed by atoms with E-state index < -0.39 is 5.66 Å². The maximum absolute atomic E-state index is 2.55. The monoisotopic (exact) mass is 474 g/mol. The summed E-state index contributed by atoms with van der Waals surface area (Å²) < 4.78 is 5.09. The molecule has 0 N–H and O–H groups in total. The van der Waals surface area contributed by atoms with Gasteiger partial charge >= 0.3 is 5.66 Å². The summed E-state index contributed by atoms with van der Waals surface area (Å²) in [5, 5.41) is 2.54. The minimum Gasteiger partial charge on any atom is -0.125 e. The zero-order valence-electron chi connectivity index (χ0n) is 20.9. The molecule has 1 spiro atoms. The lowest BCUT2D eigenvalue weighted by Gasteiger charge is -2.19. The van der Waals surface area contributed by atoms with Crippen molar-refractivity contribution in [2.75, 3.05) is 0 Å². The van der Waals surface area contributed by atoms with E-state index in [4.69, 9.17) is 0 Å². The quantitative estimate of drug-likeness (QED) is 0.227. The van der Waals surface area contributed by atoms with Crippen LogP contribution < -0.4 is 9.13 Å². The summed E-state index contributed by atoms with van der Waals surface area (Å²) in [7, 11) is 0. The van der Waals surface area contributed by atoms with Crippen molar-refractivity contribution in [3.8, 4) is 33.6 Å². The van der Waals surface area contributed by atoms with E-state index >= 15 is 0 Å². The van der Waals surface area contributed by atoms with Crippen LogP contribution in [-0.2, 0) is 5.66 Å². The first-order chi connectivity index (χ1) is 18.2. The minimum atomic E-state index is -0.470. The second-order valence-electron chi connectivity index (χ2n) is 10.3. The van der Waals surface area contributed by atoms with E-state index in [0.29, 0.717) is 0 Å². The second kappa shape index (κ2) is 7.24. The first-order valence-corrected chi connectivity index (χ1v) is 13.0. The van der Waals surface area contributed by atoms with Gasteiger partial charge in [-0.1, -0.05) is 60.7 Å². The molecule has 2 aliphatic heterocycles. The van der Waals surface area contributed by atoms with Crippen LogP contribution >= 0.6 is 0 Å². The maximum Gasteiger partial charge on any atom is 0.417 e.